The molecule has 0 spiro atoms. The molecule has 22 heavy (non-hydrogen) atoms. The highest BCUT2D eigenvalue weighted by atomic mass is 16.6. The van der Waals surface area contributed by atoms with Gasteiger partial charge in [-0.2, -0.15) is 0 Å². The number of imidazole rings is 1. The number of carbonyl (C=O) groups is 1. The van der Waals surface area contributed by atoms with Crippen LogP contribution in [0.2, 0.25) is 0 Å². The number of hydrogen-bond acceptors (Lipinski definition) is 4. The number of rotatable bonds is 6. The van der Waals surface area contributed by atoms with Crippen LogP contribution in [-0.2, 0) is 15.0 Å². The van der Waals surface area contributed by atoms with Crippen molar-refractivity contribution in [3.63, 3.8) is 0 Å². The quantitative estimate of drug-likeness (QED) is 0.876. The molecule has 1 rings (SSSR count). The van der Waals surface area contributed by atoms with Gasteiger partial charge in [-0.3, -0.25) is 0 Å². The molecular formula is C16H29N3O3. The first-order valence-corrected chi connectivity index (χ1v) is 7.62. The molecule has 1 heterocycles. The summed E-state index contributed by atoms with van der Waals surface area (Å²) in [5.41, 5.74) is 0.178. The topological polar surface area (TPSA) is 65.4 Å². The summed E-state index contributed by atoms with van der Waals surface area (Å²) in [6, 6.07) is -0.159. The summed E-state index contributed by atoms with van der Waals surface area (Å²) < 4.78 is 12.7. The van der Waals surface area contributed by atoms with Crippen molar-refractivity contribution >= 4 is 6.09 Å². The molecule has 0 unspecified atom stereocenters. The van der Waals surface area contributed by atoms with E-state index in [-0.39, 0.29) is 11.6 Å². The van der Waals surface area contributed by atoms with E-state index in [1.165, 1.54) is 0 Å². The number of methoxy groups -OCH3 is 1. The largest absolute Gasteiger partial charge is 0.444 e. The van der Waals surface area contributed by atoms with Gasteiger partial charge in [0, 0.05) is 7.11 Å². The SMILES string of the molecule is CC[C@@H](NC(=O)OC(C)(C)C)c1cncn1C(C)(C)COC. The molecule has 0 aliphatic heterocycles. The van der Waals surface area contributed by atoms with E-state index in [1.807, 2.05) is 32.3 Å². The lowest BCUT2D eigenvalue weighted by atomic mass is 10.0. The van der Waals surface area contributed by atoms with Crippen molar-refractivity contribution in [2.45, 2.75) is 65.1 Å². The van der Waals surface area contributed by atoms with Crippen molar-refractivity contribution < 1.29 is 14.3 Å². The third kappa shape index (κ3) is 5.02. The second-order valence-corrected chi connectivity index (χ2v) is 7.04. The minimum atomic E-state index is -0.516. The van der Waals surface area contributed by atoms with Crippen LogP contribution in [0.15, 0.2) is 12.5 Å². The van der Waals surface area contributed by atoms with Gasteiger partial charge in [-0.1, -0.05) is 6.92 Å². The Labute approximate surface area is 133 Å². The van der Waals surface area contributed by atoms with Gasteiger partial charge < -0.3 is 19.4 Å². The number of amides is 1. The first-order valence-electron chi connectivity index (χ1n) is 7.62. The number of nitrogens with one attached hydrogen (secondary N) is 1. The fourth-order valence-electron chi connectivity index (χ4n) is 2.33. The summed E-state index contributed by atoms with van der Waals surface area (Å²) in [6.45, 7) is 12.3. The van der Waals surface area contributed by atoms with Crippen LogP contribution in [0.4, 0.5) is 4.79 Å². The maximum absolute atomic E-state index is 12.0. The van der Waals surface area contributed by atoms with Crippen molar-refractivity contribution in [3.8, 4) is 0 Å². The minimum absolute atomic E-state index is 0.159. The number of aromatic nitrogens is 2. The lowest BCUT2D eigenvalue weighted by Crippen LogP contribution is -2.38. The molecule has 0 fully saturated rings. The second-order valence-electron chi connectivity index (χ2n) is 7.04. The van der Waals surface area contributed by atoms with Gasteiger partial charge in [0.15, 0.2) is 0 Å². The van der Waals surface area contributed by atoms with Crippen molar-refractivity contribution in [1.82, 2.24) is 14.9 Å². The standard InChI is InChI=1S/C16H29N3O3/c1-8-12(18-14(20)22-15(2,3)4)13-9-17-11-19(13)16(5,6)10-21-7/h9,11-12H,8,10H2,1-7H3,(H,18,20)/t12-/m1/s1. The van der Waals surface area contributed by atoms with Crippen LogP contribution >= 0.6 is 0 Å². The van der Waals surface area contributed by atoms with Crippen molar-refractivity contribution in [3.05, 3.63) is 18.2 Å². The van der Waals surface area contributed by atoms with Crippen molar-refractivity contribution in [2.24, 2.45) is 0 Å². The van der Waals surface area contributed by atoms with Gasteiger partial charge >= 0.3 is 6.09 Å². The van der Waals surface area contributed by atoms with Crippen LogP contribution in [0.5, 0.6) is 0 Å². The molecule has 6 heteroatoms. The molecule has 1 atom stereocenters. The highest BCUT2D eigenvalue weighted by Crippen LogP contribution is 2.24. The number of carbonyl (C=O) groups excluding carboxylic acids is 1. The van der Waals surface area contributed by atoms with Crippen LogP contribution in [0, 0.1) is 0 Å². The Hall–Kier alpha value is -1.56. The highest BCUT2D eigenvalue weighted by molar-refractivity contribution is 5.68. The van der Waals surface area contributed by atoms with E-state index in [0.29, 0.717) is 6.61 Å². The fraction of sp³-hybridized carbons (Fsp3) is 0.750. The summed E-state index contributed by atoms with van der Waals surface area (Å²) in [5.74, 6) is 0. The Kier molecular flexibility index (Phi) is 6.00. The maximum atomic E-state index is 12.0. The summed E-state index contributed by atoms with van der Waals surface area (Å²) in [7, 11) is 1.68. The Balaban J connectivity index is 2.93. The lowest BCUT2D eigenvalue weighted by molar-refractivity contribution is 0.0496. The van der Waals surface area contributed by atoms with Gasteiger partial charge in [0.05, 0.1) is 36.4 Å². The zero-order valence-corrected chi connectivity index (χ0v) is 14.8. The van der Waals surface area contributed by atoms with Gasteiger partial charge in [-0.15, -0.1) is 0 Å². The summed E-state index contributed by atoms with van der Waals surface area (Å²) in [4.78, 5) is 16.3. The molecule has 0 saturated carbocycles. The molecule has 0 bridgehead atoms. The molecule has 1 aromatic rings. The first kappa shape index (κ1) is 18.5. The first-order chi connectivity index (χ1) is 10.1. The van der Waals surface area contributed by atoms with Gasteiger partial charge in [-0.25, -0.2) is 9.78 Å². The van der Waals surface area contributed by atoms with E-state index >= 15 is 0 Å². The average Bonchev–Trinajstić information content (AvgIpc) is 2.83. The lowest BCUT2D eigenvalue weighted by Gasteiger charge is -2.30. The van der Waals surface area contributed by atoms with E-state index in [1.54, 1.807) is 19.6 Å². The Morgan fingerprint density at radius 2 is 2.00 bits per heavy atom. The Morgan fingerprint density at radius 1 is 1.36 bits per heavy atom. The van der Waals surface area contributed by atoms with E-state index in [4.69, 9.17) is 9.47 Å². The van der Waals surface area contributed by atoms with Crippen LogP contribution in [0.25, 0.3) is 0 Å². The number of alkyl carbamates (subject to hydrolysis) is 1. The summed E-state index contributed by atoms with van der Waals surface area (Å²) >= 11 is 0. The molecule has 0 aromatic carbocycles. The summed E-state index contributed by atoms with van der Waals surface area (Å²) in [6.07, 6.45) is 3.88. The zero-order chi connectivity index (χ0) is 17.0. The maximum Gasteiger partial charge on any atom is 0.408 e. The normalized spacial score (nSPS) is 13.8. The van der Waals surface area contributed by atoms with Crippen LogP contribution in [0.3, 0.4) is 0 Å². The molecule has 0 saturated heterocycles. The highest BCUT2D eigenvalue weighted by Gasteiger charge is 2.27. The average molecular weight is 311 g/mol. The van der Waals surface area contributed by atoms with Crippen LogP contribution < -0.4 is 5.32 Å². The van der Waals surface area contributed by atoms with Gasteiger partial charge in [0.1, 0.15) is 5.60 Å². The van der Waals surface area contributed by atoms with Crippen LogP contribution in [0.1, 0.15) is 59.7 Å². The van der Waals surface area contributed by atoms with E-state index < -0.39 is 11.7 Å². The molecule has 0 aliphatic carbocycles. The Bertz CT molecular complexity index is 489. The predicted molar refractivity (Wildman–Crippen MR) is 85.8 cm³/mol. The molecule has 126 valence electrons. The third-order valence-corrected chi connectivity index (χ3v) is 3.27. The third-order valence-electron chi connectivity index (χ3n) is 3.27. The van der Waals surface area contributed by atoms with E-state index in [9.17, 15) is 4.79 Å². The molecule has 0 radical (unpaired) electrons. The second kappa shape index (κ2) is 7.13. The number of ether oxygens (including phenoxy) is 2. The number of nitrogens with zero attached hydrogens (tertiary/aromatic N) is 2. The Morgan fingerprint density at radius 3 is 2.50 bits per heavy atom. The monoisotopic (exact) mass is 311 g/mol. The fourth-order valence-corrected chi connectivity index (χ4v) is 2.33. The van der Waals surface area contributed by atoms with Gasteiger partial charge in [0.2, 0.25) is 0 Å². The molecule has 1 aromatic heterocycles. The van der Waals surface area contributed by atoms with Crippen LogP contribution in [-0.4, -0.2) is 35.0 Å². The van der Waals surface area contributed by atoms with Crippen molar-refractivity contribution in [1.29, 1.82) is 0 Å². The molecule has 1 N–H and O–H groups in total. The minimum Gasteiger partial charge on any atom is -0.444 e. The van der Waals surface area contributed by atoms with E-state index in [0.717, 1.165) is 12.1 Å². The smallest absolute Gasteiger partial charge is 0.408 e. The van der Waals surface area contributed by atoms with Gasteiger partial charge in [0.25, 0.3) is 0 Å². The van der Waals surface area contributed by atoms with E-state index in [2.05, 4.69) is 24.1 Å². The molecular weight excluding hydrogens is 282 g/mol. The summed E-state index contributed by atoms with van der Waals surface area (Å²) in [5, 5.41) is 2.92. The van der Waals surface area contributed by atoms with Crippen molar-refractivity contribution in [2.75, 3.05) is 13.7 Å². The molecule has 6 nitrogen and oxygen atoms in total. The van der Waals surface area contributed by atoms with Gasteiger partial charge in [-0.05, 0) is 41.0 Å². The molecule has 0 aliphatic rings. The number of hydrogen-bond donors (Lipinski definition) is 1. The zero-order valence-electron chi connectivity index (χ0n) is 14.8. The molecule has 1 amide bonds. The predicted octanol–water partition coefficient (Wildman–Crippen LogP) is 3.24.